The first-order valence-corrected chi connectivity index (χ1v) is 8.39. The number of halogens is 3. The number of unbranched alkanes of at least 4 members (excludes halogenated alkanes) is 3. The van der Waals surface area contributed by atoms with Gasteiger partial charge in [-0.25, -0.2) is 0 Å². The number of rotatable bonds is 9. The molecule has 21 heavy (non-hydrogen) atoms. The Kier molecular flexibility index (Phi) is 8.64. The molecule has 0 spiro atoms. The van der Waals surface area contributed by atoms with Gasteiger partial charge in [0.15, 0.2) is 0 Å². The Morgan fingerprint density at radius 3 is 2.52 bits per heavy atom. The highest BCUT2D eigenvalue weighted by Crippen LogP contribution is 2.33. The number of hydrogen-bond acceptors (Lipinski definition) is 2. The molecule has 0 aliphatic carbocycles. The molecule has 1 aliphatic heterocycles. The molecule has 0 amide bonds. The average molecular weight is 308 g/mol. The number of nitrogens with one attached hydrogen (secondary N) is 1. The zero-order chi connectivity index (χ0) is 15.7. The third-order valence-electron chi connectivity index (χ3n) is 4.10. The van der Waals surface area contributed by atoms with Gasteiger partial charge >= 0.3 is 6.18 Å². The summed E-state index contributed by atoms with van der Waals surface area (Å²) in [7, 11) is 0. The Balaban J connectivity index is 2.00. The zero-order valence-corrected chi connectivity index (χ0v) is 13.5. The first-order chi connectivity index (χ1) is 9.89. The van der Waals surface area contributed by atoms with Crippen LogP contribution in [0.1, 0.15) is 52.4 Å². The number of alkyl halides is 3. The third-order valence-corrected chi connectivity index (χ3v) is 4.10. The molecular weight excluding hydrogens is 277 g/mol. The van der Waals surface area contributed by atoms with Crippen molar-refractivity contribution < 1.29 is 13.2 Å². The van der Waals surface area contributed by atoms with Crippen LogP contribution in [0.2, 0.25) is 0 Å². The van der Waals surface area contributed by atoms with E-state index in [0.29, 0.717) is 18.8 Å². The van der Waals surface area contributed by atoms with Gasteiger partial charge in [-0.05, 0) is 57.8 Å². The molecule has 1 atom stereocenters. The lowest BCUT2D eigenvalue weighted by Crippen LogP contribution is -2.42. The minimum Gasteiger partial charge on any atom is -0.316 e. The van der Waals surface area contributed by atoms with Crippen LogP contribution in [0.3, 0.4) is 0 Å². The molecular formula is C16H31F3N2. The number of likely N-dealkylation sites (tertiary alicyclic amines) is 1. The quantitative estimate of drug-likeness (QED) is 0.646. The molecule has 1 rings (SSSR count). The number of piperidine rings is 1. The van der Waals surface area contributed by atoms with E-state index in [9.17, 15) is 13.2 Å². The van der Waals surface area contributed by atoms with Crippen molar-refractivity contribution in [2.75, 3.05) is 32.7 Å². The summed E-state index contributed by atoms with van der Waals surface area (Å²) in [5, 5.41) is 3.41. The molecule has 0 aromatic rings. The maximum absolute atomic E-state index is 12.7. The first kappa shape index (κ1) is 18.8. The third kappa shape index (κ3) is 8.67. The molecule has 1 fully saturated rings. The monoisotopic (exact) mass is 308 g/mol. The van der Waals surface area contributed by atoms with Crippen molar-refractivity contribution >= 4 is 0 Å². The highest BCUT2D eigenvalue weighted by Gasteiger charge is 2.41. The van der Waals surface area contributed by atoms with E-state index in [4.69, 9.17) is 0 Å². The molecule has 1 N–H and O–H groups in total. The second-order valence-corrected chi connectivity index (χ2v) is 6.69. The van der Waals surface area contributed by atoms with Crippen molar-refractivity contribution in [3.05, 3.63) is 0 Å². The highest BCUT2D eigenvalue weighted by molar-refractivity contribution is 4.77. The summed E-state index contributed by atoms with van der Waals surface area (Å²) in [6.45, 7) is 8.37. The van der Waals surface area contributed by atoms with Crippen molar-refractivity contribution in [2.24, 2.45) is 11.8 Å². The van der Waals surface area contributed by atoms with Gasteiger partial charge in [-0.2, -0.15) is 13.2 Å². The van der Waals surface area contributed by atoms with Gasteiger partial charge in [-0.3, -0.25) is 0 Å². The lowest BCUT2D eigenvalue weighted by Gasteiger charge is -2.33. The van der Waals surface area contributed by atoms with Crippen LogP contribution in [0.5, 0.6) is 0 Å². The van der Waals surface area contributed by atoms with E-state index >= 15 is 0 Å². The summed E-state index contributed by atoms with van der Waals surface area (Å²) in [4.78, 5) is 2.00. The molecule has 0 aromatic carbocycles. The van der Waals surface area contributed by atoms with E-state index in [-0.39, 0.29) is 6.54 Å². The molecule has 1 unspecified atom stereocenters. The molecule has 126 valence electrons. The summed E-state index contributed by atoms with van der Waals surface area (Å²) in [5.41, 5.74) is 0. The molecule has 0 saturated carbocycles. The van der Waals surface area contributed by atoms with Gasteiger partial charge < -0.3 is 10.2 Å². The van der Waals surface area contributed by atoms with Gasteiger partial charge in [0.25, 0.3) is 0 Å². The van der Waals surface area contributed by atoms with Crippen LogP contribution in [-0.4, -0.2) is 43.8 Å². The largest absolute Gasteiger partial charge is 0.393 e. The Hall–Kier alpha value is -0.290. The highest BCUT2D eigenvalue weighted by atomic mass is 19.4. The molecule has 0 aromatic heterocycles. The van der Waals surface area contributed by atoms with Gasteiger partial charge in [-0.1, -0.05) is 26.7 Å². The molecule has 5 heteroatoms. The van der Waals surface area contributed by atoms with Gasteiger partial charge in [0.2, 0.25) is 0 Å². The fourth-order valence-electron chi connectivity index (χ4n) is 2.86. The van der Waals surface area contributed by atoms with Crippen LogP contribution in [0.25, 0.3) is 0 Å². The Morgan fingerprint density at radius 1 is 1.14 bits per heavy atom. The summed E-state index contributed by atoms with van der Waals surface area (Å²) in [6, 6.07) is 0. The van der Waals surface area contributed by atoms with E-state index in [1.54, 1.807) is 0 Å². The predicted octanol–water partition coefficient (Wildman–Crippen LogP) is 4.07. The van der Waals surface area contributed by atoms with Crippen molar-refractivity contribution in [3.63, 3.8) is 0 Å². The van der Waals surface area contributed by atoms with E-state index in [1.807, 2.05) is 4.90 Å². The van der Waals surface area contributed by atoms with E-state index in [1.165, 1.54) is 6.42 Å². The standard InChI is InChI=1S/C16H31F3N2/c1-14(2)12-20-9-5-3-4-6-10-21-11-7-8-15(13-21)16(17,18)19/h14-15,20H,3-13H2,1-2H3. The average Bonchev–Trinajstić information content (AvgIpc) is 2.41. The molecule has 1 saturated heterocycles. The summed E-state index contributed by atoms with van der Waals surface area (Å²) in [6.07, 6.45) is 1.45. The van der Waals surface area contributed by atoms with Gasteiger partial charge in [0.05, 0.1) is 5.92 Å². The Bertz CT molecular complexity index is 267. The fraction of sp³-hybridized carbons (Fsp3) is 1.00. The fourth-order valence-corrected chi connectivity index (χ4v) is 2.86. The summed E-state index contributed by atoms with van der Waals surface area (Å²) >= 11 is 0. The molecule has 0 radical (unpaired) electrons. The number of nitrogens with zero attached hydrogens (tertiary/aromatic N) is 1. The minimum absolute atomic E-state index is 0.208. The van der Waals surface area contributed by atoms with Gasteiger partial charge in [-0.15, -0.1) is 0 Å². The van der Waals surface area contributed by atoms with Crippen LogP contribution in [0.15, 0.2) is 0 Å². The maximum Gasteiger partial charge on any atom is 0.393 e. The summed E-state index contributed by atoms with van der Waals surface area (Å²) < 4.78 is 38.1. The molecule has 2 nitrogen and oxygen atoms in total. The van der Waals surface area contributed by atoms with Crippen molar-refractivity contribution in [1.29, 1.82) is 0 Å². The molecule has 1 aliphatic rings. The second-order valence-electron chi connectivity index (χ2n) is 6.69. The molecule has 0 bridgehead atoms. The smallest absolute Gasteiger partial charge is 0.316 e. The second kappa shape index (κ2) is 9.67. The van der Waals surface area contributed by atoms with Gasteiger partial charge in [0.1, 0.15) is 0 Å². The van der Waals surface area contributed by atoms with Crippen LogP contribution >= 0.6 is 0 Å². The Morgan fingerprint density at radius 2 is 1.86 bits per heavy atom. The van der Waals surface area contributed by atoms with E-state index in [2.05, 4.69) is 19.2 Å². The SMILES string of the molecule is CC(C)CNCCCCCCN1CCCC(C(F)(F)F)C1. The van der Waals surface area contributed by atoms with Gasteiger partial charge in [0, 0.05) is 6.54 Å². The summed E-state index contributed by atoms with van der Waals surface area (Å²) in [5.74, 6) is -0.419. The normalized spacial score (nSPS) is 21.1. The lowest BCUT2D eigenvalue weighted by molar-refractivity contribution is -0.186. The minimum atomic E-state index is -4.01. The van der Waals surface area contributed by atoms with Crippen molar-refractivity contribution in [2.45, 2.75) is 58.5 Å². The van der Waals surface area contributed by atoms with E-state index < -0.39 is 12.1 Å². The van der Waals surface area contributed by atoms with Crippen molar-refractivity contribution in [3.8, 4) is 0 Å². The first-order valence-electron chi connectivity index (χ1n) is 8.39. The topological polar surface area (TPSA) is 15.3 Å². The van der Waals surface area contributed by atoms with E-state index in [0.717, 1.165) is 45.4 Å². The van der Waals surface area contributed by atoms with Crippen molar-refractivity contribution in [1.82, 2.24) is 10.2 Å². The lowest BCUT2D eigenvalue weighted by atomic mass is 9.97. The van der Waals surface area contributed by atoms with Crippen LogP contribution in [-0.2, 0) is 0 Å². The zero-order valence-electron chi connectivity index (χ0n) is 13.5. The van der Waals surface area contributed by atoms with Crippen LogP contribution < -0.4 is 5.32 Å². The maximum atomic E-state index is 12.7. The molecule has 1 heterocycles. The number of hydrogen-bond donors (Lipinski definition) is 1. The van der Waals surface area contributed by atoms with Crippen LogP contribution in [0, 0.1) is 11.8 Å². The van der Waals surface area contributed by atoms with Crippen LogP contribution in [0.4, 0.5) is 13.2 Å². The predicted molar refractivity (Wildman–Crippen MR) is 81.4 cm³/mol. The Labute approximate surface area is 127 Å².